The number of rotatable bonds is 8. The number of carbonyl (C=O) groups excluding carboxylic acids is 1. The number of hydrogen-bond donors (Lipinski definition) is 2. The molecule has 1 aliphatic carbocycles. The number of unbranched alkanes of at least 4 members (excludes halogenated alkanes) is 1. The largest absolute Gasteiger partial charge is 0.480 e. The van der Waals surface area contributed by atoms with Crippen molar-refractivity contribution in [3.8, 4) is 0 Å². The monoisotopic (exact) mass is 297 g/mol. The highest BCUT2D eigenvalue weighted by molar-refractivity contribution is 5.85. The molecule has 122 valence electrons. The third-order valence-corrected chi connectivity index (χ3v) is 4.51. The van der Waals surface area contributed by atoms with Gasteiger partial charge in [0.25, 0.3) is 0 Å². The van der Waals surface area contributed by atoms with Gasteiger partial charge in [-0.25, -0.2) is 4.79 Å². The minimum atomic E-state index is -0.923. The van der Waals surface area contributed by atoms with E-state index in [1.165, 1.54) is 19.3 Å². The quantitative estimate of drug-likeness (QED) is 0.719. The summed E-state index contributed by atoms with van der Waals surface area (Å²) in [5.74, 6) is 0.0543. The molecule has 0 heterocycles. The zero-order chi connectivity index (χ0) is 15.8. The summed E-state index contributed by atoms with van der Waals surface area (Å²) in [6, 6.07) is -0.740. The molecule has 1 atom stereocenters. The highest BCUT2D eigenvalue weighted by Gasteiger charge is 2.29. The van der Waals surface area contributed by atoms with Gasteiger partial charge in [0.2, 0.25) is 5.91 Å². The molecular weight excluding hydrogens is 266 g/mol. The van der Waals surface area contributed by atoms with E-state index in [-0.39, 0.29) is 17.7 Å². The Morgan fingerprint density at radius 1 is 1.19 bits per heavy atom. The van der Waals surface area contributed by atoms with Gasteiger partial charge in [-0.1, -0.05) is 40.0 Å². The summed E-state index contributed by atoms with van der Waals surface area (Å²) < 4.78 is 0. The van der Waals surface area contributed by atoms with Crippen LogP contribution in [0, 0.1) is 17.8 Å². The molecule has 4 heteroatoms. The van der Waals surface area contributed by atoms with Crippen molar-refractivity contribution in [2.75, 3.05) is 0 Å². The van der Waals surface area contributed by atoms with Crippen molar-refractivity contribution in [1.82, 2.24) is 5.32 Å². The van der Waals surface area contributed by atoms with Gasteiger partial charge in [-0.05, 0) is 43.9 Å². The average molecular weight is 297 g/mol. The molecule has 1 saturated carbocycles. The van der Waals surface area contributed by atoms with Crippen LogP contribution in [0.3, 0.4) is 0 Å². The van der Waals surface area contributed by atoms with E-state index in [9.17, 15) is 14.7 Å². The van der Waals surface area contributed by atoms with Crippen LogP contribution in [0.15, 0.2) is 0 Å². The number of hydrogen-bond acceptors (Lipinski definition) is 2. The lowest BCUT2D eigenvalue weighted by Gasteiger charge is -2.28. The second-order valence-electron chi connectivity index (χ2n) is 6.89. The minimum Gasteiger partial charge on any atom is -0.480 e. The maximum Gasteiger partial charge on any atom is 0.326 e. The van der Waals surface area contributed by atoms with E-state index >= 15 is 0 Å². The van der Waals surface area contributed by atoms with Crippen molar-refractivity contribution in [3.63, 3.8) is 0 Å². The molecule has 0 radical (unpaired) electrons. The van der Waals surface area contributed by atoms with Crippen molar-refractivity contribution in [2.24, 2.45) is 17.8 Å². The molecule has 1 amide bonds. The van der Waals surface area contributed by atoms with Crippen molar-refractivity contribution < 1.29 is 14.7 Å². The number of carboxylic acid groups (broad SMARTS) is 1. The molecule has 0 spiro atoms. The molecule has 2 N–H and O–H groups in total. The number of carboxylic acids is 1. The van der Waals surface area contributed by atoms with Crippen LogP contribution >= 0.6 is 0 Å². The van der Waals surface area contributed by atoms with E-state index in [4.69, 9.17) is 0 Å². The first kappa shape index (κ1) is 18.0. The van der Waals surface area contributed by atoms with E-state index in [0.29, 0.717) is 6.42 Å². The molecule has 0 bridgehead atoms. The molecule has 1 rings (SSSR count). The summed E-state index contributed by atoms with van der Waals surface area (Å²) >= 11 is 0. The Hall–Kier alpha value is -1.06. The number of aliphatic carboxylic acids is 1. The van der Waals surface area contributed by atoms with Crippen LogP contribution in [-0.2, 0) is 9.59 Å². The second kappa shape index (κ2) is 9.06. The lowest BCUT2D eigenvalue weighted by atomic mass is 9.79. The highest BCUT2D eigenvalue weighted by Crippen LogP contribution is 2.32. The summed E-state index contributed by atoms with van der Waals surface area (Å²) in [4.78, 5) is 23.4. The summed E-state index contributed by atoms with van der Waals surface area (Å²) in [5, 5.41) is 11.9. The topological polar surface area (TPSA) is 66.4 Å². The first-order chi connectivity index (χ1) is 9.93. The van der Waals surface area contributed by atoms with Crippen molar-refractivity contribution in [3.05, 3.63) is 0 Å². The summed E-state index contributed by atoms with van der Waals surface area (Å²) in [7, 11) is 0. The van der Waals surface area contributed by atoms with Gasteiger partial charge in [0.1, 0.15) is 6.04 Å². The second-order valence-corrected chi connectivity index (χ2v) is 6.89. The Morgan fingerprint density at radius 2 is 1.81 bits per heavy atom. The van der Waals surface area contributed by atoms with Gasteiger partial charge in [-0.2, -0.15) is 0 Å². The van der Waals surface area contributed by atoms with Gasteiger partial charge >= 0.3 is 5.97 Å². The summed E-state index contributed by atoms with van der Waals surface area (Å²) in [6.45, 7) is 6.15. The molecule has 21 heavy (non-hydrogen) atoms. The molecule has 1 unspecified atom stereocenters. The van der Waals surface area contributed by atoms with Crippen molar-refractivity contribution >= 4 is 11.9 Å². The molecule has 0 aromatic carbocycles. The maximum atomic E-state index is 12.2. The predicted octanol–water partition coefficient (Wildman–Crippen LogP) is 3.60. The summed E-state index contributed by atoms with van der Waals surface area (Å²) in [5.41, 5.74) is 0. The first-order valence-corrected chi connectivity index (χ1v) is 8.47. The third-order valence-electron chi connectivity index (χ3n) is 4.51. The van der Waals surface area contributed by atoms with Gasteiger partial charge in [0.15, 0.2) is 0 Å². The zero-order valence-electron chi connectivity index (χ0n) is 13.7. The van der Waals surface area contributed by atoms with Crippen LogP contribution < -0.4 is 5.32 Å². The first-order valence-electron chi connectivity index (χ1n) is 8.47. The molecule has 0 aromatic heterocycles. The van der Waals surface area contributed by atoms with Gasteiger partial charge in [0, 0.05) is 5.92 Å². The normalized spacial score (nSPS) is 23.8. The fraction of sp³-hybridized carbons (Fsp3) is 0.882. The number of carbonyl (C=O) groups is 2. The van der Waals surface area contributed by atoms with Crippen LogP contribution in [0.25, 0.3) is 0 Å². The minimum absolute atomic E-state index is 0.0110. The Morgan fingerprint density at radius 3 is 2.29 bits per heavy atom. The van der Waals surface area contributed by atoms with Crippen LogP contribution in [0.1, 0.15) is 72.1 Å². The predicted molar refractivity (Wildman–Crippen MR) is 84.0 cm³/mol. The fourth-order valence-corrected chi connectivity index (χ4v) is 3.19. The molecule has 0 saturated heterocycles. The van der Waals surface area contributed by atoms with E-state index in [1.807, 2.05) is 13.8 Å². The smallest absolute Gasteiger partial charge is 0.326 e. The fourth-order valence-electron chi connectivity index (χ4n) is 3.19. The zero-order valence-corrected chi connectivity index (χ0v) is 13.7. The third kappa shape index (κ3) is 6.49. The highest BCUT2D eigenvalue weighted by atomic mass is 16.4. The van der Waals surface area contributed by atoms with E-state index in [1.54, 1.807) is 0 Å². The molecule has 0 aromatic rings. The van der Waals surface area contributed by atoms with Gasteiger partial charge in [-0.15, -0.1) is 0 Å². The van der Waals surface area contributed by atoms with E-state index < -0.39 is 12.0 Å². The van der Waals surface area contributed by atoms with Crippen molar-refractivity contribution in [2.45, 2.75) is 78.2 Å². The molecule has 1 fully saturated rings. The van der Waals surface area contributed by atoms with Crippen LogP contribution in [-0.4, -0.2) is 23.0 Å². The number of amides is 1. The lowest BCUT2D eigenvalue weighted by Crippen LogP contribution is -2.45. The summed E-state index contributed by atoms with van der Waals surface area (Å²) in [6.07, 6.45) is 8.32. The van der Waals surface area contributed by atoms with E-state index in [0.717, 1.165) is 31.6 Å². The molecule has 0 aliphatic heterocycles. The van der Waals surface area contributed by atoms with Crippen molar-refractivity contribution in [1.29, 1.82) is 0 Å². The van der Waals surface area contributed by atoms with Gasteiger partial charge < -0.3 is 10.4 Å². The standard InChI is InChI=1S/C17H31NO3/c1-4-5-6-13-7-9-14(10-8-13)16(19)18-15(17(20)21)11-12(2)3/h12-15H,4-11H2,1-3H3,(H,18,19)(H,20,21). The molecular formula is C17H31NO3. The molecule has 1 aliphatic rings. The lowest BCUT2D eigenvalue weighted by molar-refractivity contribution is -0.143. The maximum absolute atomic E-state index is 12.2. The van der Waals surface area contributed by atoms with Gasteiger partial charge in [0.05, 0.1) is 0 Å². The SMILES string of the molecule is CCCCC1CCC(C(=O)NC(CC(C)C)C(=O)O)CC1. The Kier molecular flexibility index (Phi) is 7.76. The Bertz CT molecular complexity index is 333. The van der Waals surface area contributed by atoms with E-state index in [2.05, 4.69) is 12.2 Å². The number of nitrogens with one attached hydrogen (secondary N) is 1. The molecule has 4 nitrogen and oxygen atoms in total. The Labute approximate surface area is 128 Å². The van der Waals surface area contributed by atoms with Crippen LogP contribution in [0.2, 0.25) is 0 Å². The van der Waals surface area contributed by atoms with Crippen LogP contribution in [0.4, 0.5) is 0 Å². The average Bonchev–Trinajstić information content (AvgIpc) is 2.44. The van der Waals surface area contributed by atoms with Gasteiger partial charge in [-0.3, -0.25) is 4.79 Å². The Balaban J connectivity index is 2.40. The van der Waals surface area contributed by atoms with Crippen LogP contribution in [0.5, 0.6) is 0 Å².